The molecule has 3 aromatic rings. The number of carbonyl (C=O) groups is 2. The van der Waals surface area contributed by atoms with E-state index in [-0.39, 0.29) is 18.5 Å². The van der Waals surface area contributed by atoms with Gasteiger partial charge in [0.15, 0.2) is 0 Å². The summed E-state index contributed by atoms with van der Waals surface area (Å²) in [5.74, 6) is -0.0967. The first kappa shape index (κ1) is 23.0. The van der Waals surface area contributed by atoms with E-state index in [9.17, 15) is 9.59 Å². The van der Waals surface area contributed by atoms with Gasteiger partial charge in [-0.3, -0.25) is 4.79 Å². The van der Waals surface area contributed by atoms with Crippen molar-refractivity contribution >= 4 is 34.5 Å². The van der Waals surface area contributed by atoms with Crippen LogP contribution < -0.4 is 5.73 Å². The molecule has 2 N–H and O–H groups in total. The maximum atomic E-state index is 13.2. The van der Waals surface area contributed by atoms with E-state index in [1.54, 1.807) is 21.9 Å². The number of rotatable bonds is 5. The molecule has 7 nitrogen and oxygen atoms in total. The lowest BCUT2D eigenvalue weighted by molar-refractivity contribution is 0.0560. The topological polar surface area (TPSA) is 88.8 Å². The van der Waals surface area contributed by atoms with Gasteiger partial charge in [-0.1, -0.05) is 54.9 Å². The molecule has 1 aromatic heterocycles. The zero-order valence-electron chi connectivity index (χ0n) is 18.6. The van der Waals surface area contributed by atoms with Gasteiger partial charge >= 0.3 is 6.09 Å². The molecule has 2 heterocycles. The lowest BCUT2D eigenvalue weighted by Crippen LogP contribution is -2.50. The van der Waals surface area contributed by atoms with Gasteiger partial charge in [0, 0.05) is 54.8 Å². The van der Waals surface area contributed by atoms with Crippen molar-refractivity contribution in [1.29, 1.82) is 0 Å². The van der Waals surface area contributed by atoms with Crippen molar-refractivity contribution in [2.24, 2.45) is 5.73 Å². The fourth-order valence-corrected chi connectivity index (χ4v) is 4.30. The minimum absolute atomic E-state index is 0.0967. The molecule has 0 aliphatic carbocycles. The highest BCUT2D eigenvalue weighted by Gasteiger charge is 2.26. The molecule has 0 radical (unpaired) electrons. The maximum absolute atomic E-state index is 13.2. The molecule has 0 atom stereocenters. The Hall–Kier alpha value is -3.16. The number of nitrogens with two attached hydrogens (primary N) is 1. The van der Waals surface area contributed by atoms with Gasteiger partial charge in [-0.05, 0) is 18.6 Å². The average Bonchev–Trinajstić information content (AvgIpc) is 2.87. The number of hydrogen-bond acceptors (Lipinski definition) is 5. The summed E-state index contributed by atoms with van der Waals surface area (Å²) in [5, 5.41) is 1.32. The Morgan fingerprint density at radius 3 is 2.42 bits per heavy atom. The Labute approximate surface area is 198 Å². The quantitative estimate of drug-likeness (QED) is 0.605. The summed E-state index contributed by atoms with van der Waals surface area (Å²) in [5.41, 5.74) is 9.59. The molecule has 172 valence electrons. The average molecular weight is 467 g/mol. The number of piperazine rings is 1. The number of pyridine rings is 1. The molecular formula is C25H27ClN4O3. The van der Waals surface area contributed by atoms with Crippen molar-refractivity contribution in [3.8, 4) is 11.3 Å². The predicted octanol–water partition coefficient (Wildman–Crippen LogP) is 4.32. The third-order valence-electron chi connectivity index (χ3n) is 5.77. The molecule has 0 saturated carbocycles. The highest BCUT2D eigenvalue weighted by Crippen LogP contribution is 2.33. The number of ether oxygens (including phenoxy) is 1. The lowest BCUT2D eigenvalue weighted by Gasteiger charge is -2.34. The third-order valence-corrected chi connectivity index (χ3v) is 6.20. The molecule has 2 amide bonds. The van der Waals surface area contributed by atoms with Gasteiger partial charge in [0.05, 0.1) is 22.8 Å². The zero-order valence-corrected chi connectivity index (χ0v) is 19.3. The standard InChI is InChI=1S/C25H27ClN4O3/c1-2-14-33-25(32)30-12-10-29(11-13-30)24(31)18-8-9-19-21(15-18)28-23(20(16-27)22(19)26)17-6-4-3-5-7-17/h3-9,15H,2,10-14,16,27H2,1H3. The van der Waals surface area contributed by atoms with Crippen molar-refractivity contribution in [2.45, 2.75) is 19.9 Å². The van der Waals surface area contributed by atoms with Crippen LogP contribution in [-0.2, 0) is 11.3 Å². The number of hydrogen-bond donors (Lipinski definition) is 1. The lowest BCUT2D eigenvalue weighted by atomic mass is 10.0. The minimum Gasteiger partial charge on any atom is -0.449 e. The molecule has 0 spiro atoms. The fourth-order valence-electron chi connectivity index (χ4n) is 3.97. The van der Waals surface area contributed by atoms with E-state index in [0.29, 0.717) is 48.9 Å². The van der Waals surface area contributed by atoms with Crippen LogP contribution in [0.25, 0.3) is 22.2 Å². The van der Waals surface area contributed by atoms with Crippen molar-refractivity contribution in [1.82, 2.24) is 14.8 Å². The van der Waals surface area contributed by atoms with E-state index in [1.807, 2.05) is 43.3 Å². The molecule has 1 aliphatic rings. The van der Waals surface area contributed by atoms with Crippen LogP contribution in [-0.4, -0.2) is 59.6 Å². The van der Waals surface area contributed by atoms with E-state index in [2.05, 4.69) is 0 Å². The third kappa shape index (κ3) is 4.79. The van der Waals surface area contributed by atoms with Crippen LogP contribution in [0.4, 0.5) is 4.79 Å². The normalized spacial score (nSPS) is 13.9. The Bertz CT molecular complexity index is 1160. The smallest absolute Gasteiger partial charge is 0.409 e. The number of benzene rings is 2. The van der Waals surface area contributed by atoms with E-state index in [0.717, 1.165) is 28.6 Å². The number of fused-ring (bicyclic) bond motifs is 1. The first-order chi connectivity index (χ1) is 16.0. The maximum Gasteiger partial charge on any atom is 0.409 e. The summed E-state index contributed by atoms with van der Waals surface area (Å²) in [7, 11) is 0. The molecule has 1 saturated heterocycles. The van der Waals surface area contributed by atoms with Crippen molar-refractivity contribution < 1.29 is 14.3 Å². The van der Waals surface area contributed by atoms with Crippen LogP contribution in [0.1, 0.15) is 29.3 Å². The van der Waals surface area contributed by atoms with E-state index >= 15 is 0 Å². The summed E-state index contributed by atoms with van der Waals surface area (Å²) in [6.45, 7) is 4.42. The van der Waals surface area contributed by atoms with Crippen LogP contribution >= 0.6 is 11.6 Å². The molecular weight excluding hydrogens is 440 g/mol. The molecule has 8 heteroatoms. The van der Waals surface area contributed by atoms with E-state index in [4.69, 9.17) is 27.1 Å². The summed E-state index contributed by atoms with van der Waals surface area (Å²) in [4.78, 5) is 33.4. The number of halogens is 1. The van der Waals surface area contributed by atoms with Gasteiger partial charge in [-0.2, -0.15) is 0 Å². The molecule has 4 rings (SSSR count). The molecule has 2 aromatic carbocycles. The Morgan fingerprint density at radius 1 is 1.06 bits per heavy atom. The molecule has 0 unspecified atom stereocenters. The Morgan fingerprint density at radius 2 is 1.76 bits per heavy atom. The van der Waals surface area contributed by atoms with Gasteiger partial charge in [0.25, 0.3) is 5.91 Å². The van der Waals surface area contributed by atoms with Gasteiger partial charge in [-0.15, -0.1) is 0 Å². The van der Waals surface area contributed by atoms with E-state index < -0.39 is 0 Å². The second kappa shape index (κ2) is 10.2. The minimum atomic E-state index is -0.322. The summed E-state index contributed by atoms with van der Waals surface area (Å²) in [6, 6.07) is 15.1. The summed E-state index contributed by atoms with van der Waals surface area (Å²) < 4.78 is 5.19. The van der Waals surface area contributed by atoms with Crippen LogP contribution in [0.3, 0.4) is 0 Å². The summed E-state index contributed by atoms with van der Waals surface area (Å²) in [6.07, 6.45) is 0.459. The van der Waals surface area contributed by atoms with Crippen molar-refractivity contribution in [2.75, 3.05) is 32.8 Å². The SMILES string of the molecule is CCCOC(=O)N1CCN(C(=O)c2ccc3c(Cl)c(CN)c(-c4ccccc4)nc3c2)CC1. The summed E-state index contributed by atoms with van der Waals surface area (Å²) >= 11 is 6.69. The van der Waals surface area contributed by atoms with E-state index in [1.165, 1.54) is 0 Å². The largest absolute Gasteiger partial charge is 0.449 e. The second-order valence-corrected chi connectivity index (χ2v) is 8.33. The van der Waals surface area contributed by atoms with Crippen LogP contribution in [0, 0.1) is 0 Å². The fraction of sp³-hybridized carbons (Fsp3) is 0.320. The molecule has 0 bridgehead atoms. The highest BCUT2D eigenvalue weighted by molar-refractivity contribution is 6.36. The highest BCUT2D eigenvalue weighted by atomic mass is 35.5. The molecule has 1 fully saturated rings. The number of carbonyl (C=O) groups excluding carboxylic acids is 2. The second-order valence-electron chi connectivity index (χ2n) is 7.95. The van der Waals surface area contributed by atoms with Gasteiger partial charge in [0.2, 0.25) is 0 Å². The van der Waals surface area contributed by atoms with Crippen molar-refractivity contribution in [3.05, 3.63) is 64.7 Å². The van der Waals surface area contributed by atoms with Crippen LogP contribution in [0.5, 0.6) is 0 Å². The zero-order chi connectivity index (χ0) is 23.4. The van der Waals surface area contributed by atoms with Crippen LogP contribution in [0.15, 0.2) is 48.5 Å². The monoisotopic (exact) mass is 466 g/mol. The number of amides is 2. The van der Waals surface area contributed by atoms with Gasteiger partial charge < -0.3 is 20.3 Å². The molecule has 33 heavy (non-hydrogen) atoms. The van der Waals surface area contributed by atoms with Crippen molar-refractivity contribution in [3.63, 3.8) is 0 Å². The first-order valence-electron chi connectivity index (χ1n) is 11.1. The molecule has 1 aliphatic heterocycles. The predicted molar refractivity (Wildman–Crippen MR) is 129 cm³/mol. The van der Waals surface area contributed by atoms with Gasteiger partial charge in [-0.25, -0.2) is 9.78 Å². The van der Waals surface area contributed by atoms with Crippen LogP contribution in [0.2, 0.25) is 5.02 Å². The Balaban J connectivity index is 1.58. The number of aromatic nitrogens is 1. The first-order valence-corrected chi connectivity index (χ1v) is 11.5. The van der Waals surface area contributed by atoms with Gasteiger partial charge in [0.1, 0.15) is 0 Å². The number of nitrogens with zero attached hydrogens (tertiary/aromatic N) is 3. The Kier molecular flexibility index (Phi) is 7.11.